The molecule has 1 heterocycles. The molecular weight excluding hydrogens is 274 g/mol. The molecule has 1 aromatic heterocycles. The van der Waals surface area contributed by atoms with Crippen molar-refractivity contribution in [3.05, 3.63) is 40.4 Å². The molecule has 2 rings (SSSR count). The molecule has 0 aliphatic carbocycles. The molecule has 0 aliphatic rings. The van der Waals surface area contributed by atoms with Crippen LogP contribution in [0.5, 0.6) is 0 Å². The molecule has 1 aromatic carbocycles. The first kappa shape index (κ1) is 14.3. The lowest BCUT2D eigenvalue weighted by molar-refractivity contribution is -0.116. The van der Waals surface area contributed by atoms with Crippen LogP contribution in [0.4, 0.5) is 5.13 Å². The first-order valence-electron chi connectivity index (χ1n) is 6.23. The summed E-state index contributed by atoms with van der Waals surface area (Å²) in [4.78, 5) is 23.7. The van der Waals surface area contributed by atoms with Crippen molar-refractivity contribution in [3.63, 3.8) is 0 Å². The summed E-state index contributed by atoms with van der Waals surface area (Å²) in [7, 11) is 0. The highest BCUT2D eigenvalue weighted by molar-refractivity contribution is 7.13. The number of Topliss-reactive ketones (excluding diaryl/α,β-unsaturated/α-hetero) is 1. The van der Waals surface area contributed by atoms with Gasteiger partial charge in [-0.1, -0.05) is 23.5 Å². The Morgan fingerprint density at radius 3 is 2.65 bits per heavy atom. The first-order chi connectivity index (χ1) is 9.56. The van der Waals surface area contributed by atoms with Crippen molar-refractivity contribution < 1.29 is 9.59 Å². The smallest absolute Gasteiger partial charge is 0.226 e. The lowest BCUT2D eigenvalue weighted by atomic mass is 10.0. The highest BCUT2D eigenvalue weighted by Gasteiger charge is 2.11. The van der Waals surface area contributed by atoms with Gasteiger partial charge in [-0.25, -0.2) is 0 Å². The molecule has 0 radical (unpaired) electrons. The number of aryl methyl sites for hydroxylation is 2. The Morgan fingerprint density at radius 1 is 1.20 bits per heavy atom. The Kier molecular flexibility index (Phi) is 4.57. The van der Waals surface area contributed by atoms with Crippen LogP contribution < -0.4 is 5.32 Å². The second kappa shape index (κ2) is 6.38. The van der Waals surface area contributed by atoms with Gasteiger partial charge in [0.1, 0.15) is 5.51 Å². The van der Waals surface area contributed by atoms with E-state index in [1.54, 1.807) is 6.07 Å². The standard InChI is InChI=1S/C14H15N3O2S/c1-9-3-4-11(7-10(9)2)12(18)5-6-13(19)16-14-17-15-8-20-14/h3-4,7-8H,5-6H2,1-2H3,(H,16,17,19). The van der Waals surface area contributed by atoms with Gasteiger partial charge in [-0.2, -0.15) is 0 Å². The highest BCUT2D eigenvalue weighted by atomic mass is 32.1. The molecule has 6 heteroatoms. The molecule has 0 spiro atoms. The molecule has 2 aromatic rings. The van der Waals surface area contributed by atoms with Crippen LogP contribution in [0.25, 0.3) is 0 Å². The minimum Gasteiger partial charge on any atom is -0.301 e. The molecule has 0 unspecified atom stereocenters. The Bertz CT molecular complexity index is 623. The number of carbonyl (C=O) groups is 2. The van der Waals surface area contributed by atoms with Crippen molar-refractivity contribution >= 4 is 28.2 Å². The topological polar surface area (TPSA) is 72.0 Å². The van der Waals surface area contributed by atoms with Gasteiger partial charge in [-0.05, 0) is 31.0 Å². The summed E-state index contributed by atoms with van der Waals surface area (Å²) in [6, 6.07) is 5.58. The lowest BCUT2D eigenvalue weighted by Gasteiger charge is -2.04. The number of carbonyl (C=O) groups excluding carboxylic acids is 2. The van der Waals surface area contributed by atoms with Gasteiger partial charge in [-0.3, -0.25) is 9.59 Å². The third-order valence-corrected chi connectivity index (χ3v) is 3.62. The van der Waals surface area contributed by atoms with Crippen LogP contribution in [0.15, 0.2) is 23.7 Å². The number of rotatable bonds is 5. The fourth-order valence-electron chi connectivity index (χ4n) is 1.70. The van der Waals surface area contributed by atoms with E-state index in [-0.39, 0.29) is 24.5 Å². The Labute approximate surface area is 121 Å². The van der Waals surface area contributed by atoms with E-state index < -0.39 is 0 Å². The van der Waals surface area contributed by atoms with E-state index in [2.05, 4.69) is 15.5 Å². The number of benzene rings is 1. The molecule has 1 N–H and O–H groups in total. The van der Waals surface area contributed by atoms with E-state index >= 15 is 0 Å². The number of aromatic nitrogens is 2. The van der Waals surface area contributed by atoms with Crippen LogP contribution >= 0.6 is 11.3 Å². The zero-order valence-electron chi connectivity index (χ0n) is 11.3. The molecule has 0 fully saturated rings. The van der Waals surface area contributed by atoms with E-state index in [0.29, 0.717) is 10.7 Å². The van der Waals surface area contributed by atoms with Crippen LogP contribution in [0, 0.1) is 13.8 Å². The summed E-state index contributed by atoms with van der Waals surface area (Å²) in [6.45, 7) is 3.97. The predicted octanol–water partition coefficient (Wildman–Crippen LogP) is 2.76. The van der Waals surface area contributed by atoms with Gasteiger partial charge in [0.15, 0.2) is 5.78 Å². The zero-order valence-corrected chi connectivity index (χ0v) is 12.2. The number of anilines is 1. The van der Waals surface area contributed by atoms with Gasteiger partial charge in [0.2, 0.25) is 11.0 Å². The van der Waals surface area contributed by atoms with Crippen molar-refractivity contribution in [1.82, 2.24) is 10.2 Å². The summed E-state index contributed by atoms with van der Waals surface area (Å²) in [6.07, 6.45) is 0.332. The largest absolute Gasteiger partial charge is 0.301 e. The van der Waals surface area contributed by atoms with Crippen LogP contribution in [-0.4, -0.2) is 21.9 Å². The molecular formula is C14H15N3O2S. The molecule has 5 nitrogen and oxygen atoms in total. The van der Waals surface area contributed by atoms with Gasteiger partial charge in [-0.15, -0.1) is 10.2 Å². The van der Waals surface area contributed by atoms with Crippen LogP contribution in [0.2, 0.25) is 0 Å². The lowest BCUT2D eigenvalue weighted by Crippen LogP contribution is -2.13. The van der Waals surface area contributed by atoms with Gasteiger partial charge in [0.05, 0.1) is 0 Å². The minimum absolute atomic E-state index is 0.0273. The fraction of sp³-hybridized carbons (Fsp3) is 0.286. The van der Waals surface area contributed by atoms with Gasteiger partial charge < -0.3 is 5.32 Å². The number of amides is 1. The van der Waals surface area contributed by atoms with Crippen molar-refractivity contribution in [2.24, 2.45) is 0 Å². The normalized spacial score (nSPS) is 10.3. The third kappa shape index (κ3) is 3.71. The predicted molar refractivity (Wildman–Crippen MR) is 78.0 cm³/mol. The van der Waals surface area contributed by atoms with Crippen molar-refractivity contribution in [1.29, 1.82) is 0 Å². The second-order valence-corrected chi connectivity index (χ2v) is 5.35. The van der Waals surface area contributed by atoms with E-state index in [1.165, 1.54) is 16.8 Å². The summed E-state index contributed by atoms with van der Waals surface area (Å²) in [5, 5.41) is 10.4. The van der Waals surface area contributed by atoms with Crippen molar-refractivity contribution in [3.8, 4) is 0 Å². The van der Waals surface area contributed by atoms with Crippen molar-refractivity contribution in [2.75, 3.05) is 5.32 Å². The Balaban J connectivity index is 1.88. The maximum atomic E-state index is 12.0. The Morgan fingerprint density at radius 2 is 2.00 bits per heavy atom. The second-order valence-electron chi connectivity index (χ2n) is 4.51. The summed E-state index contributed by atoms with van der Waals surface area (Å²) in [5.74, 6) is -0.251. The molecule has 0 saturated heterocycles. The molecule has 1 amide bonds. The van der Waals surface area contributed by atoms with Crippen molar-refractivity contribution in [2.45, 2.75) is 26.7 Å². The summed E-state index contributed by atoms with van der Waals surface area (Å²) >= 11 is 1.25. The van der Waals surface area contributed by atoms with E-state index in [0.717, 1.165) is 11.1 Å². The van der Waals surface area contributed by atoms with Gasteiger partial charge in [0.25, 0.3) is 0 Å². The van der Waals surface area contributed by atoms with E-state index in [4.69, 9.17) is 0 Å². The van der Waals surface area contributed by atoms with Gasteiger partial charge in [0, 0.05) is 18.4 Å². The van der Waals surface area contributed by atoms with Crippen LogP contribution in [-0.2, 0) is 4.79 Å². The average Bonchev–Trinajstić information content (AvgIpc) is 2.92. The Hall–Kier alpha value is -2.08. The number of ketones is 1. The summed E-state index contributed by atoms with van der Waals surface area (Å²) in [5.41, 5.74) is 4.41. The number of nitrogens with zero attached hydrogens (tertiary/aromatic N) is 2. The molecule has 0 atom stereocenters. The maximum Gasteiger partial charge on any atom is 0.226 e. The average molecular weight is 289 g/mol. The van der Waals surface area contributed by atoms with E-state index in [1.807, 2.05) is 26.0 Å². The number of hydrogen-bond donors (Lipinski definition) is 1. The third-order valence-electron chi connectivity index (χ3n) is 3.01. The van der Waals surface area contributed by atoms with Gasteiger partial charge >= 0.3 is 0 Å². The number of hydrogen-bond acceptors (Lipinski definition) is 5. The van der Waals surface area contributed by atoms with Crippen LogP contribution in [0.3, 0.4) is 0 Å². The van der Waals surface area contributed by atoms with Crippen LogP contribution in [0.1, 0.15) is 34.3 Å². The van der Waals surface area contributed by atoms with E-state index in [9.17, 15) is 9.59 Å². The highest BCUT2D eigenvalue weighted by Crippen LogP contribution is 2.13. The molecule has 20 heavy (non-hydrogen) atoms. The molecule has 0 aliphatic heterocycles. The zero-order chi connectivity index (χ0) is 14.5. The maximum absolute atomic E-state index is 12.0. The summed E-state index contributed by atoms with van der Waals surface area (Å²) < 4.78 is 0. The monoisotopic (exact) mass is 289 g/mol. The quantitative estimate of drug-likeness (QED) is 0.859. The SMILES string of the molecule is Cc1ccc(C(=O)CCC(=O)Nc2nncs2)cc1C. The fourth-order valence-corrected chi connectivity index (χ4v) is 2.16. The molecule has 0 bridgehead atoms. The first-order valence-corrected chi connectivity index (χ1v) is 7.10. The number of nitrogens with one attached hydrogen (secondary N) is 1. The molecule has 104 valence electrons. The molecule has 0 saturated carbocycles. The minimum atomic E-state index is -0.223.